The van der Waals surface area contributed by atoms with Gasteiger partial charge in [-0.1, -0.05) is 7.38 Å². The second-order valence-corrected chi connectivity index (χ2v) is 0.289. The van der Waals surface area contributed by atoms with E-state index in [0.29, 0.717) is 0 Å². The number of hydrogen-bond donors (Lipinski definition) is 0. The summed E-state index contributed by atoms with van der Waals surface area (Å²) in [6.07, 6.45) is 4.60. The maximum absolute atomic E-state index is 5.88. The maximum atomic E-state index is 5.88. The summed E-state index contributed by atoms with van der Waals surface area (Å²) < 4.78 is 11.8. The number of rotatable bonds is 0. The van der Waals surface area contributed by atoms with Crippen LogP contribution in [-0.4, -0.2) is 0 Å². The van der Waals surface area contributed by atoms with Crippen LogP contribution < -0.4 is 0 Å². The Morgan fingerprint density at radius 1 is 2.50 bits per heavy atom. The summed E-state index contributed by atoms with van der Waals surface area (Å²) in [6.45, 7) is 1.65. The maximum Gasteiger partial charge on any atom is 0.0194 e. The van der Waals surface area contributed by atoms with Gasteiger partial charge in [-0.15, -0.1) is 12.3 Å². The van der Waals surface area contributed by atoms with Gasteiger partial charge in [0.25, 0.3) is 0 Å². The van der Waals surface area contributed by atoms with E-state index in [2.05, 4.69) is 12.3 Å². The molecule has 0 unspecified atom stereocenters. The Hall–Kier alpha value is -0.440. The van der Waals surface area contributed by atoms with Crippen molar-refractivity contribution in [2.24, 2.45) is 0 Å². The van der Waals surface area contributed by atoms with Crippen LogP contribution in [0.25, 0.3) is 0 Å². The molecule has 0 radical (unpaired) electrons. The fourth-order valence-electron chi connectivity index (χ4n) is 0. The van der Waals surface area contributed by atoms with Crippen LogP contribution in [-0.2, 0) is 0 Å². The molecule has 0 aromatic heterocycles. The molecule has 0 atom stereocenters. The van der Waals surface area contributed by atoms with Crippen molar-refractivity contribution >= 4 is 0 Å². The lowest BCUT2D eigenvalue weighted by molar-refractivity contribution is 1.94. The van der Waals surface area contributed by atoms with Crippen LogP contribution in [0.5, 0.6) is 0 Å². The van der Waals surface area contributed by atoms with E-state index in [9.17, 15) is 0 Å². The van der Waals surface area contributed by atoms with E-state index in [1.165, 1.54) is 0 Å². The Kier molecular flexibility index (Phi) is 9.14. The summed E-state index contributed by atoms with van der Waals surface area (Å²) in [5.74, 6) is 2.25. The third-order valence-electron chi connectivity index (χ3n) is 0. The molecule has 0 saturated heterocycles. The van der Waals surface area contributed by atoms with Gasteiger partial charge in [0, 0.05) is 2.74 Å². The van der Waals surface area contributed by atoms with Gasteiger partial charge < -0.3 is 0 Å². The normalized spacial score (nSPS) is 7.00. The lowest BCUT2D eigenvalue weighted by Crippen LogP contribution is -1.10. The third kappa shape index (κ3) is 2.53. The first kappa shape index (κ1) is 1.84. The van der Waals surface area contributed by atoms with Crippen molar-refractivity contribution in [3.63, 3.8) is 0 Å². The van der Waals surface area contributed by atoms with Crippen molar-refractivity contribution in [1.82, 2.24) is 0 Å². The van der Waals surface area contributed by atoms with Gasteiger partial charge in [-0.05, 0) is 6.92 Å². The van der Waals surface area contributed by atoms with Crippen LogP contribution in [0.15, 0.2) is 0 Å². The molecule has 0 bridgehead atoms. The van der Waals surface area contributed by atoms with Crippen molar-refractivity contribution in [2.45, 2.75) is 14.3 Å². The monoisotopic (exact) mass is 60.1 g/mol. The molecular formula is C4H8. The van der Waals surface area contributed by atoms with E-state index in [1.807, 2.05) is 0 Å². The minimum Gasteiger partial charge on any atom is -0.120 e. The zero-order valence-corrected chi connectivity index (χ0v) is 2.78. The molecule has 0 saturated carbocycles. The van der Waals surface area contributed by atoms with Crippen molar-refractivity contribution in [2.75, 3.05) is 0 Å². The first-order valence-electron chi connectivity index (χ1n) is 2.20. The van der Waals surface area contributed by atoms with Gasteiger partial charge in [0.1, 0.15) is 0 Å². The molecule has 4 heavy (non-hydrogen) atoms. The highest BCUT2D eigenvalue weighted by Crippen LogP contribution is 1.21. The molecule has 0 fully saturated rings. The Balaban J connectivity index is 0. The molecule has 0 aliphatic heterocycles. The smallest absolute Gasteiger partial charge is 0.0194 e. The fraction of sp³-hybridized carbons (Fsp3) is 0.500. The van der Waals surface area contributed by atoms with Crippen LogP contribution in [0, 0.1) is 12.3 Å². The van der Waals surface area contributed by atoms with Crippen LogP contribution in [0.2, 0.25) is 0 Å². The van der Waals surface area contributed by atoms with E-state index >= 15 is 0 Å². The third-order valence-corrected chi connectivity index (χ3v) is 0. The van der Waals surface area contributed by atoms with Crippen LogP contribution in [0.4, 0.5) is 0 Å². The summed E-state index contributed by atoms with van der Waals surface area (Å²) in [5.41, 5.74) is 0. The van der Waals surface area contributed by atoms with Crippen LogP contribution in [0.1, 0.15) is 17.0 Å². The molecule has 0 aromatic carbocycles. The summed E-state index contributed by atoms with van der Waals surface area (Å²) in [4.78, 5) is 0. The minimum atomic E-state index is -0.250. The predicted molar refractivity (Wildman–Crippen MR) is 21.2 cm³/mol. The van der Waals surface area contributed by atoms with Gasteiger partial charge in [-0.2, -0.15) is 0 Å². The van der Waals surface area contributed by atoms with Gasteiger partial charge in [0.15, 0.2) is 0 Å². The highest BCUT2D eigenvalue weighted by Gasteiger charge is 1.09. The topological polar surface area (TPSA) is 0 Å². The molecule has 0 aromatic rings. The summed E-state index contributed by atoms with van der Waals surface area (Å²) in [7, 11) is -0.250. The van der Waals surface area contributed by atoms with Crippen LogP contribution in [0.3, 0.4) is 0 Å². The van der Waals surface area contributed by atoms with Gasteiger partial charge in [0.05, 0.1) is 0 Å². The van der Waals surface area contributed by atoms with Crippen molar-refractivity contribution in [3.05, 3.63) is 0 Å². The molecule has 0 heterocycles. The van der Waals surface area contributed by atoms with Gasteiger partial charge in [-0.3, -0.25) is 0 Å². The lowest BCUT2D eigenvalue weighted by atomic mass is 10.9. The SMILES string of the molecule is C#CC.[3H]C[3H]. The lowest BCUT2D eigenvalue weighted by Gasteiger charge is -1.23. The fourth-order valence-corrected chi connectivity index (χ4v) is 0. The van der Waals surface area contributed by atoms with Crippen molar-refractivity contribution < 1.29 is 2.74 Å². The quantitative estimate of drug-likeness (QED) is 0.369. The average molecular weight is 60.1 g/mol. The van der Waals surface area contributed by atoms with E-state index in [1.54, 1.807) is 6.92 Å². The first-order valence-corrected chi connectivity index (χ1v) is 0.789. The molecule has 0 aliphatic rings. The minimum absolute atomic E-state index is 0.250. The number of terminal acetylenes is 1. The Bertz CT molecular complexity index is 35.3. The first-order chi connectivity index (χ1) is 2.83. The van der Waals surface area contributed by atoms with Gasteiger partial charge >= 0.3 is 0 Å². The largest absolute Gasteiger partial charge is 0.120 e. The highest BCUT2D eigenvalue weighted by molar-refractivity contribution is 4.73. The van der Waals surface area contributed by atoms with E-state index in [0.717, 1.165) is 0 Å². The molecule has 0 N–H and O–H groups in total. The predicted octanol–water partition coefficient (Wildman–Crippen LogP) is 1.28. The zero-order chi connectivity index (χ0) is 5.41. The second-order valence-electron chi connectivity index (χ2n) is 0.289. The van der Waals surface area contributed by atoms with Crippen LogP contribution >= 0.6 is 0 Å². The zero-order valence-electron chi connectivity index (χ0n) is 4.78. The van der Waals surface area contributed by atoms with E-state index in [-0.39, 0.29) is 7.38 Å². The van der Waals surface area contributed by atoms with E-state index < -0.39 is 0 Å². The molecule has 0 aliphatic carbocycles. The summed E-state index contributed by atoms with van der Waals surface area (Å²) in [6, 6.07) is 0. The molecule has 0 nitrogen and oxygen atoms in total. The van der Waals surface area contributed by atoms with Crippen molar-refractivity contribution in [1.29, 1.82) is 0 Å². The Labute approximate surface area is 30.6 Å². The molecule has 0 heteroatoms. The van der Waals surface area contributed by atoms with Crippen molar-refractivity contribution in [3.8, 4) is 12.3 Å². The standard InChI is InChI=1S/C3H4.CH4/c1-3-2;/h1H,2H3;1H4/i;1T2. The molecule has 0 spiro atoms. The summed E-state index contributed by atoms with van der Waals surface area (Å²) in [5, 5.41) is 0. The molecule has 0 rings (SSSR count). The highest BCUT2D eigenvalue weighted by atomic mass is 13.2. The average Bonchev–Trinajstić information content (AvgIpc) is 1.39. The number of hydrogen-bond acceptors (Lipinski definition) is 0. The second kappa shape index (κ2) is 19.9. The van der Waals surface area contributed by atoms with E-state index in [4.69, 9.17) is 2.74 Å². The molecule has 24 valence electrons. The Morgan fingerprint density at radius 3 is 2.50 bits per heavy atom. The summed E-state index contributed by atoms with van der Waals surface area (Å²) >= 11 is 0. The van der Waals surface area contributed by atoms with Gasteiger partial charge in [-0.25, -0.2) is 0 Å². The molecule has 0 amide bonds. The van der Waals surface area contributed by atoms with Gasteiger partial charge in [0.2, 0.25) is 0 Å². The molecular weight excluding hydrogens is 48.0 g/mol. The Morgan fingerprint density at radius 2 is 2.50 bits per heavy atom.